The topological polar surface area (TPSA) is 103 Å². The van der Waals surface area contributed by atoms with Gasteiger partial charge in [0.25, 0.3) is 5.91 Å². The lowest BCUT2D eigenvalue weighted by Crippen LogP contribution is -2.41. The third kappa shape index (κ3) is 7.89. The predicted molar refractivity (Wildman–Crippen MR) is 161 cm³/mol. The number of carbonyl (C=O) groups excluding carboxylic acids is 2. The van der Waals surface area contributed by atoms with E-state index in [0.29, 0.717) is 41.6 Å². The Morgan fingerprint density at radius 3 is 2.56 bits per heavy atom. The van der Waals surface area contributed by atoms with Gasteiger partial charge in [0.15, 0.2) is 5.16 Å². The second kappa shape index (κ2) is 14.0. The summed E-state index contributed by atoms with van der Waals surface area (Å²) in [4.78, 5) is 41.5. The van der Waals surface area contributed by atoms with E-state index >= 15 is 0 Å². The van der Waals surface area contributed by atoms with Gasteiger partial charge in [0.2, 0.25) is 5.88 Å². The molecular weight excluding hydrogens is 536 g/mol. The van der Waals surface area contributed by atoms with Crippen LogP contribution >= 0.6 is 11.8 Å². The van der Waals surface area contributed by atoms with Gasteiger partial charge in [-0.05, 0) is 68.3 Å². The van der Waals surface area contributed by atoms with E-state index in [2.05, 4.69) is 39.0 Å². The number of likely N-dealkylation sites (tertiary alicyclic amines) is 2. The first kappa shape index (κ1) is 29.1. The van der Waals surface area contributed by atoms with Crippen molar-refractivity contribution in [1.29, 1.82) is 0 Å². The van der Waals surface area contributed by atoms with Gasteiger partial charge in [-0.1, -0.05) is 44.2 Å². The zero-order valence-corrected chi connectivity index (χ0v) is 24.7. The summed E-state index contributed by atoms with van der Waals surface area (Å²) in [5, 5.41) is 4.22. The SMILES string of the molecule is CCC1CCCCN1Cc1ccc(C(=O)Nc2ccc(OC(=O)N3CCC(C(C)Sc4ncc[nH]4)CC3)nc2)cc1. The van der Waals surface area contributed by atoms with Crippen molar-refractivity contribution in [2.45, 2.75) is 75.4 Å². The van der Waals surface area contributed by atoms with Crippen LogP contribution in [-0.2, 0) is 6.54 Å². The summed E-state index contributed by atoms with van der Waals surface area (Å²) in [6.07, 6.45) is 11.6. The molecule has 218 valence electrons. The summed E-state index contributed by atoms with van der Waals surface area (Å²) in [5.41, 5.74) is 2.36. The fourth-order valence-corrected chi connectivity index (χ4v) is 6.81. The molecule has 2 aromatic heterocycles. The number of ether oxygens (including phenoxy) is 1. The molecule has 2 aliphatic heterocycles. The predicted octanol–water partition coefficient (Wildman–Crippen LogP) is 6.21. The average Bonchev–Trinajstić information content (AvgIpc) is 3.52. The number of imidazole rings is 1. The van der Waals surface area contributed by atoms with Crippen LogP contribution in [0.15, 0.2) is 60.1 Å². The minimum atomic E-state index is -0.394. The second-order valence-corrected chi connectivity index (χ2v) is 12.3. The van der Waals surface area contributed by atoms with Crippen LogP contribution in [0.5, 0.6) is 5.88 Å². The number of aromatic nitrogens is 3. The van der Waals surface area contributed by atoms with E-state index < -0.39 is 6.09 Å². The molecule has 0 bridgehead atoms. The highest BCUT2D eigenvalue weighted by atomic mass is 32.2. The molecule has 9 nitrogen and oxygen atoms in total. The summed E-state index contributed by atoms with van der Waals surface area (Å²) in [5.74, 6) is 0.522. The number of rotatable bonds is 9. The van der Waals surface area contributed by atoms with Gasteiger partial charge >= 0.3 is 6.09 Å². The van der Waals surface area contributed by atoms with Crippen LogP contribution in [-0.4, -0.2) is 67.7 Å². The Morgan fingerprint density at radius 1 is 1.07 bits per heavy atom. The molecule has 10 heteroatoms. The largest absolute Gasteiger partial charge is 0.416 e. The summed E-state index contributed by atoms with van der Waals surface area (Å²) < 4.78 is 5.51. The van der Waals surface area contributed by atoms with E-state index in [4.69, 9.17) is 4.74 Å². The fraction of sp³-hybridized carbons (Fsp3) is 0.484. The number of piperidine rings is 2. The van der Waals surface area contributed by atoms with E-state index in [1.165, 1.54) is 37.4 Å². The maximum atomic E-state index is 12.8. The Kier molecular flexibility index (Phi) is 9.95. The van der Waals surface area contributed by atoms with Crippen LogP contribution in [0, 0.1) is 5.92 Å². The average molecular weight is 577 g/mol. The normalized spacial score (nSPS) is 19.1. The Labute approximate surface area is 246 Å². The number of pyridine rings is 1. The number of carbonyl (C=O) groups is 2. The third-order valence-electron chi connectivity index (χ3n) is 8.24. The molecule has 41 heavy (non-hydrogen) atoms. The maximum Gasteiger partial charge on any atom is 0.416 e. The molecule has 0 aliphatic carbocycles. The molecule has 0 radical (unpaired) electrons. The Morgan fingerprint density at radius 2 is 1.88 bits per heavy atom. The standard InChI is InChI=1S/C31H40N6O3S/c1-3-27-6-4-5-17-37(27)21-23-7-9-25(10-8-23)29(38)35-26-11-12-28(34-20-26)40-31(39)36-18-13-24(14-19-36)22(2)41-30-32-15-16-33-30/h7-12,15-16,20,22,24,27H,3-6,13-14,17-19,21H2,1-2H3,(H,32,33)(H,35,38). The van der Waals surface area contributed by atoms with E-state index in [1.807, 2.05) is 30.5 Å². The molecule has 1 aromatic carbocycles. The molecule has 0 saturated carbocycles. The first-order chi connectivity index (χ1) is 20.0. The van der Waals surface area contributed by atoms with E-state index in [9.17, 15) is 9.59 Å². The van der Waals surface area contributed by atoms with Crippen LogP contribution in [0.4, 0.5) is 10.5 Å². The third-order valence-corrected chi connectivity index (χ3v) is 9.44. The molecule has 2 aliphatic rings. The first-order valence-electron chi connectivity index (χ1n) is 14.7. The van der Waals surface area contributed by atoms with Crippen LogP contribution in [0.25, 0.3) is 0 Å². The van der Waals surface area contributed by atoms with Crippen molar-refractivity contribution in [3.05, 3.63) is 66.1 Å². The lowest BCUT2D eigenvalue weighted by molar-refractivity contribution is 0.102. The van der Waals surface area contributed by atoms with Gasteiger partial charge in [0.05, 0.1) is 11.9 Å². The van der Waals surface area contributed by atoms with Gasteiger partial charge in [-0.3, -0.25) is 9.69 Å². The van der Waals surface area contributed by atoms with Crippen LogP contribution in [0.2, 0.25) is 0 Å². The molecule has 0 spiro atoms. The molecule has 2 fully saturated rings. The smallest absolute Gasteiger partial charge is 0.391 e. The maximum absolute atomic E-state index is 12.8. The number of H-pyrrole nitrogens is 1. The summed E-state index contributed by atoms with van der Waals surface area (Å²) in [6, 6.07) is 11.8. The highest BCUT2D eigenvalue weighted by Crippen LogP contribution is 2.32. The summed E-state index contributed by atoms with van der Waals surface area (Å²) in [6.45, 7) is 7.84. The summed E-state index contributed by atoms with van der Waals surface area (Å²) >= 11 is 1.74. The van der Waals surface area contributed by atoms with E-state index in [-0.39, 0.29) is 11.8 Å². The summed E-state index contributed by atoms with van der Waals surface area (Å²) in [7, 11) is 0. The molecule has 3 aromatic rings. The molecule has 2 amide bonds. The molecule has 4 heterocycles. The highest BCUT2D eigenvalue weighted by Gasteiger charge is 2.28. The second-order valence-electron chi connectivity index (χ2n) is 11.0. The van der Waals surface area contributed by atoms with Crippen molar-refractivity contribution in [2.75, 3.05) is 25.0 Å². The number of anilines is 1. The molecule has 5 rings (SSSR count). The van der Waals surface area contributed by atoms with Gasteiger partial charge in [-0.2, -0.15) is 0 Å². The van der Waals surface area contributed by atoms with E-state index in [1.54, 1.807) is 35.0 Å². The van der Waals surface area contributed by atoms with E-state index in [0.717, 1.165) is 31.1 Å². The Bertz CT molecular complexity index is 1260. The quantitative estimate of drug-likeness (QED) is 0.292. The number of nitrogens with zero attached hydrogens (tertiary/aromatic N) is 4. The number of amides is 2. The Hall–Kier alpha value is -3.37. The van der Waals surface area contributed by atoms with Crippen molar-refractivity contribution >= 4 is 29.4 Å². The zero-order chi connectivity index (χ0) is 28.6. The van der Waals surface area contributed by atoms with Gasteiger partial charge in [0.1, 0.15) is 0 Å². The minimum absolute atomic E-state index is 0.199. The number of benzene rings is 1. The lowest BCUT2D eigenvalue weighted by atomic mass is 9.94. The zero-order valence-electron chi connectivity index (χ0n) is 23.9. The van der Waals surface area contributed by atoms with Crippen molar-refractivity contribution in [2.24, 2.45) is 5.92 Å². The number of hydrogen-bond acceptors (Lipinski definition) is 7. The molecule has 2 atom stereocenters. The van der Waals surface area contributed by atoms with Crippen molar-refractivity contribution < 1.29 is 14.3 Å². The van der Waals surface area contributed by atoms with Crippen molar-refractivity contribution in [1.82, 2.24) is 24.8 Å². The minimum Gasteiger partial charge on any atom is -0.391 e. The number of hydrogen-bond donors (Lipinski definition) is 2. The van der Waals surface area contributed by atoms with Crippen molar-refractivity contribution in [3.63, 3.8) is 0 Å². The Balaban J connectivity index is 1.06. The molecular formula is C31H40N6O3S. The van der Waals surface area contributed by atoms with Crippen molar-refractivity contribution in [3.8, 4) is 5.88 Å². The first-order valence-corrected chi connectivity index (χ1v) is 15.6. The van der Waals surface area contributed by atoms with Crippen LogP contribution in [0.1, 0.15) is 68.3 Å². The fourth-order valence-electron chi connectivity index (χ4n) is 5.74. The monoisotopic (exact) mass is 576 g/mol. The molecule has 2 N–H and O–H groups in total. The van der Waals surface area contributed by atoms with Gasteiger partial charge in [0, 0.05) is 54.9 Å². The van der Waals surface area contributed by atoms with Crippen LogP contribution < -0.4 is 10.1 Å². The van der Waals surface area contributed by atoms with Crippen LogP contribution in [0.3, 0.4) is 0 Å². The number of aromatic amines is 1. The van der Waals surface area contributed by atoms with Gasteiger partial charge in [-0.15, -0.1) is 0 Å². The number of nitrogens with one attached hydrogen (secondary N) is 2. The number of thioether (sulfide) groups is 1. The van der Waals surface area contributed by atoms with Gasteiger partial charge < -0.3 is 19.9 Å². The molecule has 2 unspecified atom stereocenters. The molecule has 2 saturated heterocycles. The lowest BCUT2D eigenvalue weighted by Gasteiger charge is -2.35. The highest BCUT2D eigenvalue weighted by molar-refractivity contribution is 7.99. The van der Waals surface area contributed by atoms with Gasteiger partial charge in [-0.25, -0.2) is 14.8 Å².